The predicted molar refractivity (Wildman–Crippen MR) is 101 cm³/mol. The van der Waals surface area contributed by atoms with E-state index in [2.05, 4.69) is 5.32 Å². The monoisotopic (exact) mass is 372 g/mol. The van der Waals surface area contributed by atoms with Crippen molar-refractivity contribution in [2.24, 2.45) is 5.14 Å². The first-order valence-corrected chi connectivity index (χ1v) is 9.99. The van der Waals surface area contributed by atoms with E-state index in [1.807, 2.05) is 42.5 Å². The molecule has 3 aromatic carbocycles. The third-order valence-corrected chi connectivity index (χ3v) is 5.48. The number of primary sulfonamides is 1. The lowest BCUT2D eigenvalue weighted by molar-refractivity contribution is -0.113. The van der Waals surface area contributed by atoms with Gasteiger partial charge in [-0.3, -0.25) is 4.79 Å². The molecule has 5 nitrogen and oxygen atoms in total. The molecule has 0 spiro atoms. The van der Waals surface area contributed by atoms with Gasteiger partial charge in [-0.2, -0.15) is 0 Å². The summed E-state index contributed by atoms with van der Waals surface area (Å²) in [5.74, 6) is 0.0939. The Hall–Kier alpha value is -2.35. The van der Waals surface area contributed by atoms with Crippen molar-refractivity contribution in [1.29, 1.82) is 0 Å². The molecular weight excluding hydrogens is 356 g/mol. The molecule has 0 saturated heterocycles. The lowest BCUT2D eigenvalue weighted by Crippen LogP contribution is -2.15. The Labute approximate surface area is 150 Å². The molecule has 3 aromatic rings. The molecule has 0 bridgehead atoms. The maximum atomic E-state index is 12.1. The van der Waals surface area contributed by atoms with Crippen LogP contribution in [0.15, 0.2) is 76.5 Å². The van der Waals surface area contributed by atoms with E-state index in [0.29, 0.717) is 5.69 Å². The minimum Gasteiger partial charge on any atom is -0.325 e. The highest BCUT2D eigenvalue weighted by atomic mass is 32.2. The van der Waals surface area contributed by atoms with Crippen LogP contribution < -0.4 is 10.5 Å². The van der Waals surface area contributed by atoms with Crippen LogP contribution in [0.1, 0.15) is 0 Å². The third kappa shape index (κ3) is 4.60. The van der Waals surface area contributed by atoms with Gasteiger partial charge in [-0.1, -0.05) is 30.3 Å². The molecule has 0 radical (unpaired) electrons. The molecule has 3 N–H and O–H groups in total. The first-order valence-electron chi connectivity index (χ1n) is 7.46. The fraction of sp³-hybridized carbons (Fsp3) is 0.0556. The second-order valence-corrected chi connectivity index (χ2v) is 8.03. The molecule has 0 aliphatic carbocycles. The second kappa shape index (κ2) is 7.26. The molecule has 7 heteroatoms. The van der Waals surface area contributed by atoms with Gasteiger partial charge in [0.25, 0.3) is 0 Å². The molecule has 0 unspecified atom stereocenters. The van der Waals surface area contributed by atoms with Gasteiger partial charge >= 0.3 is 0 Å². The Balaban J connectivity index is 1.60. The van der Waals surface area contributed by atoms with Gasteiger partial charge in [0, 0.05) is 10.6 Å². The maximum Gasteiger partial charge on any atom is 0.238 e. The van der Waals surface area contributed by atoms with E-state index < -0.39 is 10.0 Å². The second-order valence-electron chi connectivity index (χ2n) is 5.42. The van der Waals surface area contributed by atoms with Crippen molar-refractivity contribution in [1.82, 2.24) is 0 Å². The van der Waals surface area contributed by atoms with Crippen LogP contribution in [0.4, 0.5) is 5.69 Å². The Morgan fingerprint density at radius 3 is 2.32 bits per heavy atom. The van der Waals surface area contributed by atoms with Crippen molar-refractivity contribution in [2.45, 2.75) is 9.79 Å². The van der Waals surface area contributed by atoms with Crippen LogP contribution in [0, 0.1) is 0 Å². The number of amides is 1. The van der Waals surface area contributed by atoms with Crippen molar-refractivity contribution >= 4 is 44.2 Å². The normalized spacial score (nSPS) is 11.4. The lowest BCUT2D eigenvalue weighted by atomic mass is 10.1. The molecule has 0 heterocycles. The van der Waals surface area contributed by atoms with Crippen LogP contribution in [0.5, 0.6) is 0 Å². The summed E-state index contributed by atoms with van der Waals surface area (Å²) in [6, 6.07) is 19.9. The van der Waals surface area contributed by atoms with Gasteiger partial charge in [0.2, 0.25) is 15.9 Å². The number of rotatable bonds is 5. The van der Waals surface area contributed by atoms with Crippen LogP contribution in [0.25, 0.3) is 10.8 Å². The average Bonchev–Trinajstić information content (AvgIpc) is 2.59. The van der Waals surface area contributed by atoms with E-state index in [4.69, 9.17) is 5.14 Å². The van der Waals surface area contributed by atoms with Gasteiger partial charge in [-0.25, -0.2) is 13.6 Å². The molecule has 0 saturated carbocycles. The predicted octanol–water partition coefficient (Wildman–Crippen LogP) is 3.22. The van der Waals surface area contributed by atoms with Crippen LogP contribution in [-0.4, -0.2) is 20.1 Å². The van der Waals surface area contributed by atoms with E-state index in [-0.39, 0.29) is 16.6 Å². The minimum atomic E-state index is -3.73. The quantitative estimate of drug-likeness (QED) is 0.673. The summed E-state index contributed by atoms with van der Waals surface area (Å²) in [5.41, 5.74) is 0.525. The Morgan fingerprint density at radius 2 is 1.64 bits per heavy atom. The summed E-state index contributed by atoms with van der Waals surface area (Å²) < 4.78 is 22.4. The van der Waals surface area contributed by atoms with Gasteiger partial charge in [-0.05, 0) is 47.2 Å². The van der Waals surface area contributed by atoms with Crippen LogP contribution >= 0.6 is 11.8 Å². The summed E-state index contributed by atoms with van der Waals surface area (Å²) in [7, 11) is -3.73. The summed E-state index contributed by atoms with van der Waals surface area (Å²) >= 11 is 1.44. The number of nitrogens with two attached hydrogens (primary N) is 1. The number of sulfonamides is 1. The largest absolute Gasteiger partial charge is 0.325 e. The van der Waals surface area contributed by atoms with E-state index in [1.54, 1.807) is 0 Å². The van der Waals surface area contributed by atoms with Gasteiger partial charge in [0.1, 0.15) is 0 Å². The van der Waals surface area contributed by atoms with Crippen LogP contribution in [0.3, 0.4) is 0 Å². The highest BCUT2D eigenvalue weighted by Crippen LogP contribution is 2.24. The SMILES string of the molecule is NS(=O)(=O)c1ccc(NC(=O)CSc2ccc3ccccc3c2)cc1. The van der Waals surface area contributed by atoms with Crippen LogP contribution in [0.2, 0.25) is 0 Å². The minimum absolute atomic E-state index is 0.0102. The summed E-state index contributed by atoms with van der Waals surface area (Å²) in [6.07, 6.45) is 0. The van der Waals surface area contributed by atoms with Gasteiger partial charge in [0.05, 0.1) is 10.6 Å². The zero-order valence-electron chi connectivity index (χ0n) is 13.2. The molecule has 0 atom stereocenters. The number of carbonyl (C=O) groups is 1. The zero-order chi connectivity index (χ0) is 17.9. The lowest BCUT2D eigenvalue weighted by Gasteiger charge is -2.07. The summed E-state index contributed by atoms with van der Waals surface area (Å²) in [6.45, 7) is 0. The molecule has 1 amide bonds. The highest BCUT2D eigenvalue weighted by molar-refractivity contribution is 8.00. The van der Waals surface area contributed by atoms with Crippen LogP contribution in [-0.2, 0) is 14.8 Å². The molecule has 25 heavy (non-hydrogen) atoms. The smallest absolute Gasteiger partial charge is 0.238 e. The van der Waals surface area contributed by atoms with Crippen molar-refractivity contribution in [3.05, 3.63) is 66.7 Å². The molecule has 0 aromatic heterocycles. The molecule has 0 fully saturated rings. The highest BCUT2D eigenvalue weighted by Gasteiger charge is 2.08. The topological polar surface area (TPSA) is 89.3 Å². The number of nitrogens with one attached hydrogen (secondary N) is 1. The standard InChI is InChI=1S/C18H16N2O3S2/c19-25(22,23)17-9-6-15(7-10-17)20-18(21)12-24-16-8-5-13-3-1-2-4-14(13)11-16/h1-11H,12H2,(H,20,21)(H2,19,22,23). The Morgan fingerprint density at radius 1 is 0.960 bits per heavy atom. The molecule has 3 rings (SSSR count). The molecule has 0 aliphatic rings. The van der Waals surface area contributed by atoms with Crippen molar-refractivity contribution in [3.63, 3.8) is 0 Å². The van der Waals surface area contributed by atoms with Crippen molar-refractivity contribution in [3.8, 4) is 0 Å². The first kappa shape index (κ1) is 17.5. The van der Waals surface area contributed by atoms with Gasteiger partial charge < -0.3 is 5.32 Å². The first-order chi connectivity index (χ1) is 11.9. The fourth-order valence-electron chi connectivity index (χ4n) is 2.33. The number of carbonyl (C=O) groups excluding carboxylic acids is 1. The summed E-state index contributed by atoms with van der Waals surface area (Å²) in [5, 5.41) is 10.1. The number of anilines is 1. The number of hydrogen-bond acceptors (Lipinski definition) is 4. The molecular formula is C18H16N2O3S2. The Bertz CT molecular complexity index is 1020. The van der Waals surface area contributed by atoms with Gasteiger partial charge in [0.15, 0.2) is 0 Å². The van der Waals surface area contributed by atoms with E-state index in [9.17, 15) is 13.2 Å². The Kier molecular flexibility index (Phi) is 5.08. The molecule has 128 valence electrons. The number of fused-ring (bicyclic) bond motifs is 1. The average molecular weight is 372 g/mol. The van der Waals surface area contributed by atoms with E-state index in [0.717, 1.165) is 15.7 Å². The van der Waals surface area contributed by atoms with E-state index >= 15 is 0 Å². The summed E-state index contributed by atoms with van der Waals surface area (Å²) in [4.78, 5) is 13.1. The van der Waals surface area contributed by atoms with E-state index in [1.165, 1.54) is 36.0 Å². The zero-order valence-corrected chi connectivity index (χ0v) is 14.8. The maximum absolute atomic E-state index is 12.1. The van der Waals surface area contributed by atoms with Crippen molar-refractivity contribution in [2.75, 3.05) is 11.1 Å². The van der Waals surface area contributed by atoms with Gasteiger partial charge in [-0.15, -0.1) is 11.8 Å². The third-order valence-electron chi connectivity index (χ3n) is 3.56. The number of thioether (sulfide) groups is 1. The fourth-order valence-corrected chi connectivity index (χ4v) is 3.59. The number of hydrogen-bond donors (Lipinski definition) is 2. The molecule has 0 aliphatic heterocycles. The van der Waals surface area contributed by atoms with Crippen molar-refractivity contribution < 1.29 is 13.2 Å². The number of benzene rings is 3.